The van der Waals surface area contributed by atoms with Crippen molar-refractivity contribution in [3.05, 3.63) is 0 Å². The van der Waals surface area contributed by atoms with E-state index in [9.17, 15) is 4.79 Å². The van der Waals surface area contributed by atoms with Crippen molar-refractivity contribution in [2.45, 2.75) is 25.9 Å². The minimum Gasteiger partial charge on any atom is -0.469 e. The maximum absolute atomic E-state index is 9.59. The van der Waals surface area contributed by atoms with Crippen molar-refractivity contribution in [3.8, 4) is 0 Å². The van der Waals surface area contributed by atoms with Crippen molar-refractivity contribution in [3.63, 3.8) is 0 Å². The van der Waals surface area contributed by atoms with Gasteiger partial charge in [0.2, 0.25) is 0 Å². The van der Waals surface area contributed by atoms with Crippen LogP contribution in [0.2, 0.25) is 0 Å². The zero-order valence-corrected chi connectivity index (χ0v) is 7.58. The first-order valence-electron chi connectivity index (χ1n) is 3.97. The summed E-state index contributed by atoms with van der Waals surface area (Å²) >= 11 is 0. The Hall–Kier alpha value is -0.610. The fraction of sp³-hybridized carbons (Fsp3) is 0.875. The van der Waals surface area contributed by atoms with Crippen LogP contribution in [0.25, 0.3) is 0 Å². The van der Waals surface area contributed by atoms with Crippen molar-refractivity contribution < 1.29 is 19.4 Å². The number of ether oxygens (including phenoxy) is 2. The summed E-state index contributed by atoms with van der Waals surface area (Å²) in [5.41, 5.74) is 0. The lowest BCUT2D eigenvalue weighted by Gasteiger charge is -2.00. The first-order valence-corrected chi connectivity index (χ1v) is 3.97. The molecule has 72 valence electrons. The molecule has 1 rings (SSSR count). The summed E-state index contributed by atoms with van der Waals surface area (Å²) in [5.74, 6) is -0.245. The molecule has 0 radical (unpaired) electrons. The van der Waals surface area contributed by atoms with Gasteiger partial charge in [0.1, 0.15) is 0 Å². The molecule has 1 aliphatic rings. The summed E-state index contributed by atoms with van der Waals surface area (Å²) in [5, 5.41) is 8.44. The van der Waals surface area contributed by atoms with Crippen molar-refractivity contribution in [1.82, 2.24) is 0 Å². The van der Waals surface area contributed by atoms with Gasteiger partial charge in [0, 0.05) is 13.5 Å². The third kappa shape index (κ3) is 6.12. The van der Waals surface area contributed by atoms with Gasteiger partial charge < -0.3 is 14.6 Å². The quantitative estimate of drug-likeness (QED) is 0.585. The van der Waals surface area contributed by atoms with Crippen LogP contribution in [0.4, 0.5) is 0 Å². The van der Waals surface area contributed by atoms with Crippen LogP contribution < -0.4 is 0 Å². The molecule has 0 aromatic rings. The summed E-state index contributed by atoms with van der Waals surface area (Å²) in [4.78, 5) is 9.59. The summed E-state index contributed by atoms with van der Waals surface area (Å²) in [6.07, 6.45) is 2.31. The number of carbonyl (C=O) groups is 1. The van der Waals surface area contributed by atoms with Crippen LogP contribution in [-0.2, 0) is 14.3 Å². The second-order valence-corrected chi connectivity index (χ2v) is 2.51. The second-order valence-electron chi connectivity index (χ2n) is 2.51. The molecule has 1 aliphatic heterocycles. The maximum Gasteiger partial charge on any atom is 0.302 e. The molecular formula is C8H16O4. The Kier molecular flexibility index (Phi) is 6.70. The fourth-order valence-corrected chi connectivity index (χ4v) is 0.788. The highest BCUT2D eigenvalue weighted by molar-refractivity contribution is 5.65. The van der Waals surface area contributed by atoms with Crippen LogP contribution in [-0.4, -0.2) is 37.5 Å². The normalized spacial score (nSPS) is 21.1. The van der Waals surface area contributed by atoms with E-state index in [4.69, 9.17) is 9.84 Å². The molecule has 1 heterocycles. The zero-order valence-electron chi connectivity index (χ0n) is 7.58. The summed E-state index contributed by atoms with van der Waals surface area (Å²) in [6.45, 7) is 2.39. The van der Waals surface area contributed by atoms with Crippen molar-refractivity contribution in [1.29, 1.82) is 0 Å². The van der Waals surface area contributed by atoms with Crippen LogP contribution in [0, 0.1) is 0 Å². The molecular weight excluding hydrogens is 160 g/mol. The Morgan fingerprint density at radius 2 is 2.33 bits per heavy atom. The Morgan fingerprint density at radius 1 is 1.75 bits per heavy atom. The lowest BCUT2D eigenvalue weighted by atomic mass is 10.2. The zero-order chi connectivity index (χ0) is 9.40. The molecule has 1 fully saturated rings. The maximum atomic E-state index is 9.59. The monoisotopic (exact) mass is 176 g/mol. The van der Waals surface area contributed by atoms with Crippen LogP contribution >= 0.6 is 0 Å². The molecule has 1 N–H and O–H groups in total. The second kappa shape index (κ2) is 7.06. The largest absolute Gasteiger partial charge is 0.469 e. The van der Waals surface area contributed by atoms with Crippen molar-refractivity contribution in [2.24, 2.45) is 0 Å². The van der Waals surface area contributed by atoms with Gasteiger partial charge in [-0.2, -0.15) is 0 Å². The predicted molar refractivity (Wildman–Crippen MR) is 43.7 cm³/mol. The highest BCUT2D eigenvalue weighted by Crippen LogP contribution is 2.09. The van der Waals surface area contributed by atoms with Gasteiger partial charge in [-0.15, -0.1) is 0 Å². The number of rotatable bonds is 1. The molecule has 1 saturated heterocycles. The van der Waals surface area contributed by atoms with Gasteiger partial charge in [-0.3, -0.25) is 4.79 Å². The molecule has 0 aromatic heterocycles. The van der Waals surface area contributed by atoms with Gasteiger partial charge in [0.05, 0.1) is 19.8 Å². The van der Waals surface area contributed by atoms with Gasteiger partial charge in [0.25, 0.3) is 0 Å². The van der Waals surface area contributed by atoms with E-state index >= 15 is 0 Å². The van der Waals surface area contributed by atoms with Crippen molar-refractivity contribution in [2.75, 3.05) is 20.3 Å². The molecule has 4 heteroatoms. The fourth-order valence-electron chi connectivity index (χ4n) is 0.788. The van der Waals surface area contributed by atoms with E-state index in [2.05, 4.69) is 4.74 Å². The van der Waals surface area contributed by atoms with E-state index in [-0.39, 0.29) is 18.7 Å². The number of aliphatic hydroxyl groups excluding tert-OH is 1. The SMILES string of the molecule is COC(C)=O.OCC1CCCO1. The minimum absolute atomic E-state index is 0.153. The summed E-state index contributed by atoms with van der Waals surface area (Å²) in [7, 11) is 1.35. The molecule has 0 amide bonds. The first kappa shape index (κ1) is 11.4. The highest BCUT2D eigenvalue weighted by Gasteiger charge is 2.12. The molecule has 4 nitrogen and oxygen atoms in total. The average Bonchev–Trinajstić information content (AvgIpc) is 2.57. The summed E-state index contributed by atoms with van der Waals surface area (Å²) < 4.78 is 9.16. The van der Waals surface area contributed by atoms with Gasteiger partial charge in [-0.25, -0.2) is 0 Å². The topological polar surface area (TPSA) is 55.8 Å². The number of hydrogen-bond donors (Lipinski definition) is 1. The van der Waals surface area contributed by atoms with Gasteiger partial charge in [0.15, 0.2) is 0 Å². The van der Waals surface area contributed by atoms with E-state index in [0.29, 0.717) is 0 Å². The third-order valence-electron chi connectivity index (χ3n) is 1.52. The third-order valence-corrected chi connectivity index (χ3v) is 1.52. The Labute approximate surface area is 72.5 Å². The number of hydrogen-bond acceptors (Lipinski definition) is 4. The highest BCUT2D eigenvalue weighted by atomic mass is 16.5. The lowest BCUT2D eigenvalue weighted by molar-refractivity contribution is -0.137. The van der Waals surface area contributed by atoms with Gasteiger partial charge in [-0.1, -0.05) is 0 Å². The van der Waals surface area contributed by atoms with E-state index in [0.717, 1.165) is 19.4 Å². The minimum atomic E-state index is -0.245. The Bertz CT molecular complexity index is 118. The molecule has 0 bridgehead atoms. The summed E-state index contributed by atoms with van der Waals surface area (Å²) in [6, 6.07) is 0. The molecule has 1 atom stereocenters. The van der Waals surface area contributed by atoms with E-state index in [1.165, 1.54) is 14.0 Å². The average molecular weight is 176 g/mol. The molecule has 0 saturated carbocycles. The predicted octanol–water partition coefficient (Wildman–Crippen LogP) is 0.337. The molecule has 0 aromatic carbocycles. The number of aliphatic hydroxyl groups is 1. The van der Waals surface area contributed by atoms with Gasteiger partial charge >= 0.3 is 5.97 Å². The molecule has 12 heavy (non-hydrogen) atoms. The standard InChI is InChI=1S/C5H10O2.C3H6O2/c6-4-5-2-1-3-7-5;1-3(4)5-2/h5-6H,1-4H2;1-2H3. The van der Waals surface area contributed by atoms with Crippen LogP contribution in [0.1, 0.15) is 19.8 Å². The Balaban J connectivity index is 0.000000217. The number of carbonyl (C=O) groups excluding carboxylic acids is 1. The van der Waals surface area contributed by atoms with Crippen molar-refractivity contribution >= 4 is 5.97 Å². The van der Waals surface area contributed by atoms with Crippen LogP contribution in [0.15, 0.2) is 0 Å². The molecule has 0 aliphatic carbocycles. The molecule has 0 spiro atoms. The van der Waals surface area contributed by atoms with Gasteiger partial charge in [-0.05, 0) is 12.8 Å². The number of esters is 1. The lowest BCUT2D eigenvalue weighted by Crippen LogP contribution is -2.09. The van der Waals surface area contributed by atoms with E-state index in [1.54, 1.807) is 0 Å². The van der Waals surface area contributed by atoms with Crippen LogP contribution in [0.3, 0.4) is 0 Å². The van der Waals surface area contributed by atoms with Crippen LogP contribution in [0.5, 0.6) is 0 Å². The van der Waals surface area contributed by atoms with E-state index in [1.807, 2.05) is 0 Å². The van der Waals surface area contributed by atoms with E-state index < -0.39 is 0 Å². The molecule has 1 unspecified atom stereocenters. The Morgan fingerprint density at radius 3 is 2.50 bits per heavy atom. The first-order chi connectivity index (χ1) is 5.70. The number of methoxy groups -OCH3 is 1. The smallest absolute Gasteiger partial charge is 0.302 e.